The minimum atomic E-state index is -0.455. The van der Waals surface area contributed by atoms with Crippen LogP contribution in [-0.4, -0.2) is 41.2 Å². The third-order valence-corrected chi connectivity index (χ3v) is 3.88. The third-order valence-electron chi connectivity index (χ3n) is 3.88. The summed E-state index contributed by atoms with van der Waals surface area (Å²) in [7, 11) is 1.55. The number of carbonyl (C=O) groups is 1. The largest absolute Gasteiger partial charge is 0.497 e. The molecule has 0 aliphatic rings. The van der Waals surface area contributed by atoms with Crippen molar-refractivity contribution in [2.45, 2.75) is 0 Å². The van der Waals surface area contributed by atoms with Gasteiger partial charge in [-0.25, -0.2) is 4.98 Å². The van der Waals surface area contributed by atoms with Crippen molar-refractivity contribution in [3.63, 3.8) is 0 Å². The second-order valence-corrected chi connectivity index (χ2v) is 5.43. The summed E-state index contributed by atoms with van der Waals surface area (Å²) in [6, 6.07) is 10.9. The van der Waals surface area contributed by atoms with Gasteiger partial charge in [-0.05, 0) is 29.7 Å². The number of methoxy groups -OCH3 is 1. The highest BCUT2D eigenvalue weighted by Crippen LogP contribution is 2.34. The smallest absolute Gasteiger partial charge is 0.270 e. The Balaban J connectivity index is 2.33. The molecule has 3 rings (SSSR count). The number of ether oxygens (including phenoxy) is 1. The summed E-state index contributed by atoms with van der Waals surface area (Å²) >= 11 is 0. The first kappa shape index (κ1) is 17.3. The first-order chi connectivity index (χ1) is 12.7. The molecule has 2 heterocycles. The normalized spacial score (nSPS) is 10.3. The van der Waals surface area contributed by atoms with Crippen LogP contribution < -0.4 is 10.1 Å². The van der Waals surface area contributed by atoms with Crippen molar-refractivity contribution in [3.8, 4) is 22.9 Å². The molecule has 130 valence electrons. The van der Waals surface area contributed by atoms with Gasteiger partial charge in [0.05, 0.1) is 13.7 Å². The van der Waals surface area contributed by atoms with E-state index >= 15 is 0 Å². The van der Waals surface area contributed by atoms with Crippen LogP contribution in [0.25, 0.3) is 21.9 Å². The van der Waals surface area contributed by atoms with Gasteiger partial charge in [0.1, 0.15) is 23.2 Å². The zero-order valence-corrected chi connectivity index (χ0v) is 14.1. The number of fused-ring (bicyclic) bond motifs is 1. The molecular formula is C19H16N4O3. The fourth-order valence-electron chi connectivity index (χ4n) is 2.73. The predicted molar refractivity (Wildman–Crippen MR) is 95.7 cm³/mol. The molecule has 0 bridgehead atoms. The summed E-state index contributed by atoms with van der Waals surface area (Å²) in [6.45, 7) is -0.0826. The molecule has 0 aliphatic heterocycles. The highest BCUT2D eigenvalue weighted by molar-refractivity contribution is 6.10. The fourth-order valence-corrected chi connectivity index (χ4v) is 2.73. The van der Waals surface area contributed by atoms with Crippen molar-refractivity contribution in [2.75, 3.05) is 20.3 Å². The van der Waals surface area contributed by atoms with Gasteiger partial charge in [0.2, 0.25) is 0 Å². The highest BCUT2D eigenvalue weighted by Gasteiger charge is 2.20. The standard InChI is InChI=1S/C19H16N4O3/c1-26-13-4-5-14-15(9-13)17(12-3-2-6-21-11-12)16(10-20)23-18(14)19(25)22-7-8-24/h2-6,9,11,24H,7-8H2,1H3,(H,22,25). The van der Waals surface area contributed by atoms with Crippen LogP contribution in [0.4, 0.5) is 0 Å². The number of amides is 1. The molecule has 0 saturated carbocycles. The van der Waals surface area contributed by atoms with Crippen molar-refractivity contribution in [3.05, 3.63) is 54.1 Å². The van der Waals surface area contributed by atoms with Crippen LogP contribution in [0, 0.1) is 11.3 Å². The number of benzene rings is 1. The lowest BCUT2D eigenvalue weighted by molar-refractivity contribution is 0.0941. The average Bonchev–Trinajstić information content (AvgIpc) is 2.70. The molecule has 0 aliphatic carbocycles. The molecule has 0 radical (unpaired) electrons. The number of nitrogens with zero attached hydrogens (tertiary/aromatic N) is 3. The lowest BCUT2D eigenvalue weighted by atomic mass is 9.96. The molecule has 7 heteroatoms. The molecule has 2 N–H and O–H groups in total. The van der Waals surface area contributed by atoms with Crippen LogP contribution >= 0.6 is 0 Å². The summed E-state index contributed by atoms with van der Waals surface area (Å²) in [4.78, 5) is 20.8. The van der Waals surface area contributed by atoms with Gasteiger partial charge < -0.3 is 15.2 Å². The van der Waals surface area contributed by atoms with E-state index in [0.717, 1.165) is 5.56 Å². The Morgan fingerprint density at radius 2 is 2.19 bits per heavy atom. The number of aromatic nitrogens is 2. The number of rotatable bonds is 5. The number of hydrogen-bond donors (Lipinski definition) is 2. The molecule has 2 aromatic heterocycles. The quantitative estimate of drug-likeness (QED) is 0.729. The van der Waals surface area contributed by atoms with Crippen molar-refractivity contribution in [1.82, 2.24) is 15.3 Å². The molecule has 0 atom stereocenters. The number of aliphatic hydroxyl groups is 1. The zero-order valence-electron chi connectivity index (χ0n) is 14.1. The van der Waals surface area contributed by atoms with Gasteiger partial charge >= 0.3 is 0 Å². The highest BCUT2D eigenvalue weighted by atomic mass is 16.5. The second-order valence-electron chi connectivity index (χ2n) is 5.43. The van der Waals surface area contributed by atoms with E-state index in [2.05, 4.69) is 21.4 Å². The van der Waals surface area contributed by atoms with Crippen molar-refractivity contribution in [1.29, 1.82) is 5.26 Å². The number of nitrogens with one attached hydrogen (secondary N) is 1. The van der Waals surface area contributed by atoms with Gasteiger partial charge in [-0.15, -0.1) is 0 Å². The number of aliphatic hydroxyl groups excluding tert-OH is 1. The molecule has 0 spiro atoms. The monoisotopic (exact) mass is 348 g/mol. The number of carbonyl (C=O) groups excluding carboxylic acids is 1. The molecule has 0 saturated heterocycles. The maximum atomic E-state index is 12.5. The number of pyridine rings is 2. The molecule has 0 fully saturated rings. The maximum absolute atomic E-state index is 12.5. The van der Waals surface area contributed by atoms with Crippen LogP contribution in [0.15, 0.2) is 42.7 Å². The Morgan fingerprint density at radius 1 is 1.35 bits per heavy atom. The summed E-state index contributed by atoms with van der Waals surface area (Å²) < 4.78 is 5.30. The molecule has 7 nitrogen and oxygen atoms in total. The van der Waals surface area contributed by atoms with E-state index in [1.165, 1.54) is 0 Å². The van der Waals surface area contributed by atoms with Crippen molar-refractivity contribution >= 4 is 16.7 Å². The first-order valence-electron chi connectivity index (χ1n) is 7.91. The van der Waals surface area contributed by atoms with E-state index in [9.17, 15) is 10.1 Å². The van der Waals surface area contributed by atoms with Gasteiger partial charge in [0.15, 0.2) is 0 Å². The Kier molecular flexibility index (Phi) is 5.06. The molecule has 1 aromatic carbocycles. The first-order valence-corrected chi connectivity index (χ1v) is 7.91. The van der Waals surface area contributed by atoms with E-state index in [1.807, 2.05) is 6.07 Å². The van der Waals surface area contributed by atoms with Crippen molar-refractivity contribution < 1.29 is 14.6 Å². The summed E-state index contributed by atoms with van der Waals surface area (Å²) in [5.41, 5.74) is 1.55. The van der Waals surface area contributed by atoms with E-state index < -0.39 is 5.91 Å². The Hall–Kier alpha value is -3.50. The van der Waals surface area contributed by atoms with Crippen LogP contribution in [0.1, 0.15) is 16.2 Å². The minimum Gasteiger partial charge on any atom is -0.497 e. The van der Waals surface area contributed by atoms with E-state index in [0.29, 0.717) is 22.1 Å². The SMILES string of the molecule is COc1ccc2c(C(=O)NCCO)nc(C#N)c(-c3cccnc3)c2c1. The minimum absolute atomic E-state index is 0.102. The number of hydrogen-bond acceptors (Lipinski definition) is 6. The van der Waals surface area contributed by atoms with E-state index in [1.54, 1.807) is 43.8 Å². The fraction of sp³-hybridized carbons (Fsp3) is 0.158. The Morgan fingerprint density at radius 3 is 2.85 bits per heavy atom. The van der Waals surface area contributed by atoms with Crippen molar-refractivity contribution in [2.24, 2.45) is 0 Å². The topological polar surface area (TPSA) is 108 Å². The molecule has 26 heavy (non-hydrogen) atoms. The lowest BCUT2D eigenvalue weighted by Crippen LogP contribution is -2.27. The molecule has 1 amide bonds. The second kappa shape index (κ2) is 7.59. The van der Waals surface area contributed by atoms with E-state index in [-0.39, 0.29) is 24.5 Å². The van der Waals surface area contributed by atoms with Gasteiger partial charge in [-0.2, -0.15) is 5.26 Å². The molecular weight excluding hydrogens is 332 g/mol. The van der Waals surface area contributed by atoms with Crippen LogP contribution in [0.3, 0.4) is 0 Å². The van der Waals surface area contributed by atoms with Gasteiger partial charge in [-0.3, -0.25) is 9.78 Å². The Bertz CT molecular complexity index is 997. The summed E-state index contributed by atoms with van der Waals surface area (Å²) in [5.74, 6) is 0.142. The van der Waals surface area contributed by atoms with Gasteiger partial charge in [-0.1, -0.05) is 6.07 Å². The van der Waals surface area contributed by atoms with Gasteiger partial charge in [0, 0.05) is 35.5 Å². The van der Waals surface area contributed by atoms with Crippen LogP contribution in [0.2, 0.25) is 0 Å². The van der Waals surface area contributed by atoms with Gasteiger partial charge in [0.25, 0.3) is 5.91 Å². The van der Waals surface area contributed by atoms with Crippen LogP contribution in [-0.2, 0) is 0 Å². The van der Waals surface area contributed by atoms with Crippen LogP contribution in [0.5, 0.6) is 5.75 Å². The molecule has 0 unspecified atom stereocenters. The summed E-state index contributed by atoms with van der Waals surface area (Å²) in [6.07, 6.45) is 3.28. The zero-order chi connectivity index (χ0) is 18.5. The third kappa shape index (κ3) is 3.18. The predicted octanol–water partition coefficient (Wildman–Crippen LogP) is 1.90. The molecule has 3 aromatic rings. The summed E-state index contributed by atoms with van der Waals surface area (Å²) in [5, 5.41) is 22.4. The maximum Gasteiger partial charge on any atom is 0.270 e. The lowest BCUT2D eigenvalue weighted by Gasteiger charge is -2.13. The average molecular weight is 348 g/mol. The van der Waals surface area contributed by atoms with E-state index in [4.69, 9.17) is 9.84 Å². The Labute approximate surface area is 149 Å². The number of nitriles is 1.